The molecule has 0 unspecified atom stereocenters. The van der Waals surface area contributed by atoms with E-state index < -0.39 is 38.0 Å². The Labute approximate surface area is 159 Å². The average molecular weight is 419 g/mol. The number of para-hydroxylation sites is 1. The molecule has 0 amide bonds. The molecular weight excluding hydrogens is 407 g/mol. The predicted molar refractivity (Wildman–Crippen MR) is 96.1 cm³/mol. The maximum atomic E-state index is 13.1. The third-order valence-electron chi connectivity index (χ3n) is 3.31. The highest BCUT2D eigenvalue weighted by molar-refractivity contribution is 7.93. The van der Waals surface area contributed by atoms with Gasteiger partial charge in [0.05, 0.1) is 22.7 Å². The van der Waals surface area contributed by atoms with Gasteiger partial charge in [-0.15, -0.1) is 0 Å². The van der Waals surface area contributed by atoms with Crippen molar-refractivity contribution < 1.29 is 22.9 Å². The van der Waals surface area contributed by atoms with Gasteiger partial charge in [-0.25, -0.2) is 8.42 Å². The Bertz CT molecular complexity index is 964. The molecule has 0 radical (unpaired) electrons. The minimum absolute atomic E-state index is 0.0135. The Morgan fingerprint density at radius 2 is 1.88 bits per heavy atom. The van der Waals surface area contributed by atoms with Crippen LogP contribution in [0.3, 0.4) is 0 Å². The fourth-order valence-corrected chi connectivity index (χ4v) is 4.12. The lowest BCUT2D eigenvalue weighted by atomic mass is 10.3. The number of methoxy groups -OCH3 is 1. The standard InChI is InChI=1S/C15H12Cl2N2O6S/c1-25-15(20)9-18(13-8-10(16)6-7-11(13)17)26(23,24)14-5-3-2-4-12(14)19(21)22/h2-8H,9H2,1H3. The number of nitrogens with zero attached hydrogens (tertiary/aromatic N) is 2. The first-order chi connectivity index (χ1) is 12.2. The van der Waals surface area contributed by atoms with Gasteiger partial charge >= 0.3 is 5.97 Å². The minimum atomic E-state index is -4.53. The molecule has 8 nitrogen and oxygen atoms in total. The lowest BCUT2D eigenvalue weighted by Gasteiger charge is -2.24. The largest absolute Gasteiger partial charge is 0.468 e. The molecule has 0 fully saturated rings. The van der Waals surface area contributed by atoms with E-state index in [0.29, 0.717) is 4.31 Å². The number of carbonyl (C=O) groups is 1. The summed E-state index contributed by atoms with van der Waals surface area (Å²) in [6.45, 7) is -0.745. The molecule has 0 aliphatic rings. The van der Waals surface area contributed by atoms with Crippen LogP contribution >= 0.6 is 23.2 Å². The highest BCUT2D eigenvalue weighted by Gasteiger charge is 2.34. The van der Waals surface area contributed by atoms with Crippen molar-refractivity contribution in [2.75, 3.05) is 18.0 Å². The first-order valence-electron chi connectivity index (χ1n) is 6.96. The summed E-state index contributed by atoms with van der Waals surface area (Å²) in [5, 5.41) is 11.4. The molecule has 0 heterocycles. The number of anilines is 1. The number of rotatable bonds is 6. The number of hydrogen-bond donors (Lipinski definition) is 0. The number of ether oxygens (including phenoxy) is 1. The van der Waals surface area contributed by atoms with Crippen LogP contribution in [0.15, 0.2) is 47.4 Å². The van der Waals surface area contributed by atoms with Gasteiger partial charge in [0.1, 0.15) is 6.54 Å². The molecule has 26 heavy (non-hydrogen) atoms. The monoisotopic (exact) mass is 418 g/mol. The van der Waals surface area contributed by atoms with Crippen LogP contribution in [0.2, 0.25) is 10.0 Å². The first-order valence-corrected chi connectivity index (χ1v) is 9.16. The maximum absolute atomic E-state index is 13.1. The number of benzene rings is 2. The molecule has 0 bridgehead atoms. The van der Waals surface area contributed by atoms with Gasteiger partial charge in [0.25, 0.3) is 15.7 Å². The summed E-state index contributed by atoms with van der Waals surface area (Å²) < 4.78 is 31.3. The second kappa shape index (κ2) is 7.90. The number of hydrogen-bond acceptors (Lipinski definition) is 6. The summed E-state index contributed by atoms with van der Waals surface area (Å²) in [5.41, 5.74) is -0.747. The predicted octanol–water partition coefficient (Wildman–Crippen LogP) is 3.27. The van der Waals surface area contributed by atoms with Crippen molar-refractivity contribution in [3.05, 3.63) is 62.6 Å². The van der Waals surface area contributed by atoms with Crippen molar-refractivity contribution in [2.24, 2.45) is 0 Å². The van der Waals surface area contributed by atoms with Crippen molar-refractivity contribution in [3.8, 4) is 0 Å². The molecule has 0 atom stereocenters. The molecule has 0 aliphatic heterocycles. The zero-order chi connectivity index (χ0) is 19.5. The van der Waals surface area contributed by atoms with Crippen LogP contribution < -0.4 is 4.31 Å². The second-order valence-electron chi connectivity index (χ2n) is 4.91. The molecule has 11 heteroatoms. The molecule has 0 saturated heterocycles. The number of nitro groups is 1. The van der Waals surface area contributed by atoms with Crippen molar-refractivity contribution in [2.45, 2.75) is 4.90 Å². The molecule has 0 spiro atoms. The van der Waals surface area contributed by atoms with E-state index in [4.69, 9.17) is 23.2 Å². The van der Waals surface area contributed by atoms with Gasteiger partial charge in [-0.3, -0.25) is 19.2 Å². The van der Waals surface area contributed by atoms with Crippen LogP contribution in [0.5, 0.6) is 0 Å². The molecule has 2 aromatic rings. The van der Waals surface area contributed by atoms with Gasteiger partial charge in [0.15, 0.2) is 4.90 Å². The van der Waals surface area contributed by atoms with Crippen molar-refractivity contribution in [3.63, 3.8) is 0 Å². The number of nitro benzene ring substituents is 1. The summed E-state index contributed by atoms with van der Waals surface area (Å²) in [6, 6.07) is 8.78. The van der Waals surface area contributed by atoms with E-state index in [0.717, 1.165) is 19.2 Å². The van der Waals surface area contributed by atoms with E-state index in [1.165, 1.54) is 30.3 Å². The molecule has 0 saturated carbocycles. The molecule has 0 aromatic heterocycles. The zero-order valence-corrected chi connectivity index (χ0v) is 15.6. The lowest BCUT2D eigenvalue weighted by Crippen LogP contribution is -2.36. The maximum Gasteiger partial charge on any atom is 0.326 e. The summed E-state index contributed by atoms with van der Waals surface area (Å²) >= 11 is 12.0. The highest BCUT2D eigenvalue weighted by atomic mass is 35.5. The number of carbonyl (C=O) groups excluding carboxylic acids is 1. The van der Waals surface area contributed by atoms with E-state index in [9.17, 15) is 23.3 Å². The lowest BCUT2D eigenvalue weighted by molar-refractivity contribution is -0.387. The van der Waals surface area contributed by atoms with Gasteiger partial charge in [-0.1, -0.05) is 35.3 Å². The molecular formula is C15H12Cl2N2O6S. The molecule has 2 aromatic carbocycles. The van der Waals surface area contributed by atoms with Crippen LogP contribution in [-0.2, 0) is 19.6 Å². The number of esters is 1. The van der Waals surface area contributed by atoms with Crippen molar-refractivity contribution in [1.82, 2.24) is 0 Å². The molecule has 0 N–H and O–H groups in total. The van der Waals surface area contributed by atoms with Crippen LogP contribution in [0, 0.1) is 10.1 Å². The van der Waals surface area contributed by atoms with E-state index in [1.807, 2.05) is 0 Å². The fourth-order valence-electron chi connectivity index (χ4n) is 2.10. The quantitative estimate of drug-likeness (QED) is 0.404. The van der Waals surface area contributed by atoms with Crippen molar-refractivity contribution in [1.29, 1.82) is 0 Å². The number of halogens is 2. The topological polar surface area (TPSA) is 107 Å². The third-order valence-corrected chi connectivity index (χ3v) is 5.67. The minimum Gasteiger partial charge on any atom is -0.468 e. The summed E-state index contributed by atoms with van der Waals surface area (Å²) in [4.78, 5) is 21.5. The summed E-state index contributed by atoms with van der Waals surface area (Å²) in [6.07, 6.45) is 0. The van der Waals surface area contributed by atoms with E-state index in [-0.39, 0.29) is 15.7 Å². The molecule has 138 valence electrons. The van der Waals surface area contributed by atoms with E-state index in [2.05, 4.69) is 4.74 Å². The van der Waals surface area contributed by atoms with Crippen LogP contribution in [0.4, 0.5) is 11.4 Å². The average Bonchev–Trinajstić information content (AvgIpc) is 2.61. The fraction of sp³-hybridized carbons (Fsp3) is 0.133. The Kier molecular flexibility index (Phi) is 6.06. The SMILES string of the molecule is COC(=O)CN(c1cc(Cl)ccc1Cl)S(=O)(=O)c1ccccc1[N+](=O)[O-]. The zero-order valence-electron chi connectivity index (χ0n) is 13.3. The van der Waals surface area contributed by atoms with E-state index in [1.54, 1.807) is 0 Å². The molecule has 2 rings (SSSR count). The normalized spacial score (nSPS) is 11.0. The Balaban J connectivity index is 2.71. The van der Waals surface area contributed by atoms with Crippen LogP contribution in [0.25, 0.3) is 0 Å². The smallest absolute Gasteiger partial charge is 0.326 e. The Hall–Kier alpha value is -2.36. The highest BCUT2D eigenvalue weighted by Crippen LogP contribution is 2.35. The van der Waals surface area contributed by atoms with Gasteiger partial charge in [0, 0.05) is 11.1 Å². The molecule has 0 aliphatic carbocycles. The Morgan fingerprint density at radius 1 is 1.23 bits per heavy atom. The van der Waals surface area contributed by atoms with Gasteiger partial charge in [0.2, 0.25) is 0 Å². The van der Waals surface area contributed by atoms with E-state index >= 15 is 0 Å². The van der Waals surface area contributed by atoms with Gasteiger partial charge < -0.3 is 4.74 Å². The van der Waals surface area contributed by atoms with Crippen LogP contribution in [0.1, 0.15) is 0 Å². The number of sulfonamides is 1. The third kappa shape index (κ3) is 4.06. The van der Waals surface area contributed by atoms with Crippen LogP contribution in [-0.4, -0.2) is 33.0 Å². The van der Waals surface area contributed by atoms with Gasteiger partial charge in [-0.05, 0) is 24.3 Å². The van der Waals surface area contributed by atoms with Crippen molar-refractivity contribution >= 4 is 50.6 Å². The summed E-state index contributed by atoms with van der Waals surface area (Å²) in [5.74, 6) is -0.886. The second-order valence-corrected chi connectivity index (χ2v) is 7.58. The van der Waals surface area contributed by atoms with Gasteiger partial charge in [-0.2, -0.15) is 0 Å². The first kappa shape index (κ1) is 20.0. The Morgan fingerprint density at radius 3 is 2.50 bits per heavy atom. The summed E-state index contributed by atoms with van der Waals surface area (Å²) in [7, 11) is -3.45.